The number of hydrogen-bond donors (Lipinski definition) is 2. The van der Waals surface area contributed by atoms with Crippen molar-refractivity contribution < 1.29 is 9.47 Å². The molecule has 0 fully saturated rings. The summed E-state index contributed by atoms with van der Waals surface area (Å²) in [6.45, 7) is 5.17. The van der Waals surface area contributed by atoms with Gasteiger partial charge in [-0.1, -0.05) is 48.5 Å². The van der Waals surface area contributed by atoms with E-state index in [1.165, 1.54) is 0 Å². The van der Waals surface area contributed by atoms with E-state index in [-0.39, 0.29) is 0 Å². The van der Waals surface area contributed by atoms with Gasteiger partial charge in [0.2, 0.25) is 0 Å². The lowest BCUT2D eigenvalue weighted by molar-refractivity contribution is 0.303. The topological polar surface area (TPSA) is 70.5 Å². The molecule has 0 unspecified atom stereocenters. The lowest BCUT2D eigenvalue weighted by atomic mass is 9.95. The maximum Gasteiger partial charge on any atom is 0.123 e. The highest BCUT2D eigenvalue weighted by Gasteiger charge is 2.12. The van der Waals surface area contributed by atoms with Crippen molar-refractivity contribution in [3.63, 3.8) is 0 Å². The number of rotatable bonds is 7. The van der Waals surface area contributed by atoms with E-state index in [4.69, 9.17) is 20.9 Å². The maximum atomic E-state index is 6.13. The summed E-state index contributed by atoms with van der Waals surface area (Å²) in [5, 5.41) is 0. The summed E-state index contributed by atoms with van der Waals surface area (Å²) >= 11 is 0. The highest BCUT2D eigenvalue weighted by Crippen LogP contribution is 2.35. The first-order valence-electron chi connectivity index (χ1n) is 10.7. The molecule has 0 saturated carbocycles. The maximum absolute atomic E-state index is 6.13. The Bertz CT molecular complexity index is 1100. The van der Waals surface area contributed by atoms with Crippen LogP contribution in [0.25, 0.3) is 11.1 Å². The fraction of sp³-hybridized carbons (Fsp3) is 0.143. The molecule has 4 aromatic carbocycles. The Morgan fingerprint density at radius 2 is 0.906 bits per heavy atom. The molecule has 0 radical (unpaired) electrons. The number of nitrogens with two attached hydrogens (primary N) is 2. The highest BCUT2D eigenvalue weighted by atomic mass is 16.5. The minimum absolute atomic E-state index is 0.494. The van der Waals surface area contributed by atoms with Crippen molar-refractivity contribution in [2.24, 2.45) is 0 Å². The molecule has 4 aromatic rings. The largest absolute Gasteiger partial charge is 0.489 e. The van der Waals surface area contributed by atoms with Gasteiger partial charge in [0.05, 0.1) is 0 Å². The summed E-state index contributed by atoms with van der Waals surface area (Å²) in [5.41, 5.74) is 19.7. The van der Waals surface area contributed by atoms with Crippen molar-refractivity contribution in [2.45, 2.75) is 27.1 Å². The SMILES string of the molecule is Cc1c(OCc2ccc(N)cc2)cccc1-c1cccc(OCc2ccc(N)cc2)c1C. The first kappa shape index (κ1) is 21.3. The van der Waals surface area contributed by atoms with Gasteiger partial charge in [0, 0.05) is 11.4 Å². The first-order valence-corrected chi connectivity index (χ1v) is 10.7. The van der Waals surface area contributed by atoms with E-state index in [0.29, 0.717) is 13.2 Å². The Morgan fingerprint density at radius 3 is 1.28 bits per heavy atom. The molecule has 0 amide bonds. The van der Waals surface area contributed by atoms with Gasteiger partial charge in [-0.3, -0.25) is 0 Å². The second-order valence-electron chi connectivity index (χ2n) is 7.92. The average molecular weight is 425 g/mol. The Labute approximate surface area is 189 Å². The minimum atomic E-state index is 0.494. The second kappa shape index (κ2) is 9.48. The zero-order valence-electron chi connectivity index (χ0n) is 18.5. The zero-order valence-corrected chi connectivity index (χ0v) is 18.5. The van der Waals surface area contributed by atoms with Crippen LogP contribution in [0.15, 0.2) is 84.9 Å². The van der Waals surface area contributed by atoms with Gasteiger partial charge in [-0.2, -0.15) is 0 Å². The standard InChI is InChI=1S/C28H28N2O2/c1-19-25(5-3-7-27(19)31-17-21-9-13-23(29)14-10-21)26-6-4-8-28(20(26)2)32-18-22-11-15-24(30)16-12-22/h3-16H,17-18,29-30H2,1-2H3. The van der Waals surface area contributed by atoms with Crippen LogP contribution in [-0.4, -0.2) is 0 Å². The second-order valence-corrected chi connectivity index (χ2v) is 7.92. The molecular weight excluding hydrogens is 396 g/mol. The number of hydrogen-bond acceptors (Lipinski definition) is 4. The van der Waals surface area contributed by atoms with Crippen LogP contribution < -0.4 is 20.9 Å². The molecule has 4 N–H and O–H groups in total. The number of benzene rings is 4. The van der Waals surface area contributed by atoms with Crippen molar-refractivity contribution in [3.05, 3.63) is 107 Å². The van der Waals surface area contributed by atoms with Gasteiger partial charge in [0.25, 0.3) is 0 Å². The van der Waals surface area contributed by atoms with Crippen LogP contribution in [0.5, 0.6) is 11.5 Å². The van der Waals surface area contributed by atoms with E-state index in [0.717, 1.165) is 56.3 Å². The van der Waals surface area contributed by atoms with E-state index in [2.05, 4.69) is 26.0 Å². The van der Waals surface area contributed by atoms with Gasteiger partial charge in [-0.25, -0.2) is 0 Å². The summed E-state index contributed by atoms with van der Waals surface area (Å²) in [6.07, 6.45) is 0. The Morgan fingerprint density at radius 1 is 0.531 bits per heavy atom. The molecule has 4 heteroatoms. The van der Waals surface area contributed by atoms with Gasteiger partial charge in [-0.15, -0.1) is 0 Å². The van der Waals surface area contributed by atoms with Crippen LogP contribution >= 0.6 is 0 Å². The molecule has 0 bridgehead atoms. The van der Waals surface area contributed by atoms with E-state index >= 15 is 0 Å². The van der Waals surface area contributed by atoms with E-state index in [9.17, 15) is 0 Å². The summed E-state index contributed by atoms with van der Waals surface area (Å²) < 4.78 is 12.3. The van der Waals surface area contributed by atoms with Crippen LogP contribution in [0, 0.1) is 13.8 Å². The van der Waals surface area contributed by atoms with Gasteiger partial charge < -0.3 is 20.9 Å². The average Bonchev–Trinajstić information content (AvgIpc) is 2.80. The quantitative estimate of drug-likeness (QED) is 0.342. The zero-order chi connectivity index (χ0) is 22.5. The predicted octanol–water partition coefficient (Wildman–Crippen LogP) is 6.29. The smallest absolute Gasteiger partial charge is 0.123 e. The van der Waals surface area contributed by atoms with Crippen molar-refractivity contribution >= 4 is 11.4 Å². The number of nitrogen functional groups attached to an aromatic ring is 2. The molecule has 0 aliphatic carbocycles. The number of ether oxygens (including phenoxy) is 2. The van der Waals surface area contributed by atoms with Crippen LogP contribution in [0.2, 0.25) is 0 Å². The molecule has 0 heterocycles. The molecule has 4 rings (SSSR count). The molecule has 0 aromatic heterocycles. The summed E-state index contributed by atoms with van der Waals surface area (Å²) in [7, 11) is 0. The van der Waals surface area contributed by atoms with Gasteiger partial charge in [-0.05, 0) is 83.6 Å². The third-order valence-corrected chi connectivity index (χ3v) is 5.61. The Kier molecular flexibility index (Phi) is 6.31. The first-order chi connectivity index (χ1) is 15.5. The Hall–Kier alpha value is -3.92. The van der Waals surface area contributed by atoms with Crippen molar-refractivity contribution in [1.29, 1.82) is 0 Å². The van der Waals surface area contributed by atoms with Gasteiger partial charge >= 0.3 is 0 Å². The van der Waals surface area contributed by atoms with Crippen molar-refractivity contribution in [2.75, 3.05) is 11.5 Å². The van der Waals surface area contributed by atoms with Gasteiger partial charge in [0.1, 0.15) is 24.7 Å². The molecule has 4 nitrogen and oxygen atoms in total. The third kappa shape index (κ3) is 4.86. The molecule has 0 aliphatic heterocycles. The van der Waals surface area contributed by atoms with E-state index < -0.39 is 0 Å². The number of anilines is 2. The molecule has 0 atom stereocenters. The fourth-order valence-electron chi connectivity index (χ4n) is 3.68. The third-order valence-electron chi connectivity index (χ3n) is 5.61. The van der Waals surface area contributed by atoms with Crippen LogP contribution in [0.4, 0.5) is 11.4 Å². The van der Waals surface area contributed by atoms with Crippen molar-refractivity contribution in [3.8, 4) is 22.6 Å². The van der Waals surface area contributed by atoms with E-state index in [1.54, 1.807) is 0 Å². The van der Waals surface area contributed by atoms with Crippen LogP contribution in [-0.2, 0) is 13.2 Å². The highest BCUT2D eigenvalue weighted by molar-refractivity contribution is 5.74. The summed E-state index contributed by atoms with van der Waals surface area (Å²) in [6, 6.07) is 27.8. The molecule has 32 heavy (non-hydrogen) atoms. The molecule has 162 valence electrons. The molecular formula is C28H28N2O2. The Balaban J connectivity index is 1.54. The van der Waals surface area contributed by atoms with Crippen LogP contribution in [0.3, 0.4) is 0 Å². The normalized spacial score (nSPS) is 10.7. The minimum Gasteiger partial charge on any atom is -0.489 e. The lowest BCUT2D eigenvalue weighted by Crippen LogP contribution is -2.00. The summed E-state index contributed by atoms with van der Waals surface area (Å²) in [5.74, 6) is 1.74. The lowest BCUT2D eigenvalue weighted by Gasteiger charge is -2.17. The monoisotopic (exact) mass is 424 g/mol. The van der Waals surface area contributed by atoms with Crippen LogP contribution in [0.1, 0.15) is 22.3 Å². The van der Waals surface area contributed by atoms with Gasteiger partial charge in [0.15, 0.2) is 0 Å². The van der Waals surface area contributed by atoms with E-state index in [1.807, 2.05) is 72.8 Å². The fourth-order valence-corrected chi connectivity index (χ4v) is 3.68. The molecule has 0 saturated heterocycles. The summed E-state index contributed by atoms with van der Waals surface area (Å²) in [4.78, 5) is 0. The van der Waals surface area contributed by atoms with Crippen molar-refractivity contribution in [1.82, 2.24) is 0 Å². The molecule has 0 spiro atoms. The predicted molar refractivity (Wildman–Crippen MR) is 132 cm³/mol. The molecule has 0 aliphatic rings.